The first kappa shape index (κ1) is 17.8. The monoisotopic (exact) mass is 300 g/mol. The van der Waals surface area contributed by atoms with Crippen LogP contribution in [0.25, 0.3) is 0 Å². The number of hydrogen-bond acceptors (Lipinski definition) is 3. The van der Waals surface area contributed by atoms with Crippen molar-refractivity contribution in [3.8, 4) is 0 Å². The van der Waals surface area contributed by atoms with Crippen LogP contribution in [0.2, 0.25) is 0 Å². The minimum Gasteiger partial charge on any atom is -0.480 e. The van der Waals surface area contributed by atoms with E-state index >= 15 is 0 Å². The van der Waals surface area contributed by atoms with E-state index in [4.69, 9.17) is 5.11 Å². The average Bonchev–Trinajstić information content (AvgIpc) is 2.47. The summed E-state index contributed by atoms with van der Waals surface area (Å²) in [4.78, 5) is 25.4. The maximum absolute atomic E-state index is 12.3. The molecular weight excluding hydrogens is 272 g/mol. The maximum Gasteiger partial charge on any atom is 0.329 e. The van der Waals surface area contributed by atoms with Gasteiger partial charge in [-0.2, -0.15) is 0 Å². The van der Waals surface area contributed by atoms with Crippen LogP contribution in [0.1, 0.15) is 52.4 Å². The van der Waals surface area contributed by atoms with E-state index in [2.05, 4.69) is 12.2 Å². The molecule has 1 saturated carbocycles. The highest BCUT2D eigenvalue weighted by atomic mass is 16.4. The third-order valence-electron chi connectivity index (χ3n) is 4.44. The number of nitrogens with zero attached hydrogens (tertiary/aromatic N) is 1. The lowest BCUT2D eigenvalue weighted by Crippen LogP contribution is -2.59. The summed E-state index contributed by atoms with van der Waals surface area (Å²) in [5.74, 6) is -0.399. The number of carboxylic acids is 1. The van der Waals surface area contributed by atoms with Gasteiger partial charge in [0.25, 0.3) is 0 Å². The van der Waals surface area contributed by atoms with Crippen molar-refractivity contribution in [3.05, 3.63) is 0 Å². The molecule has 0 radical (unpaired) electrons. The minimum absolute atomic E-state index is 0.120. The first-order chi connectivity index (χ1) is 9.99. The number of hydrogen-bond donors (Lipinski definition) is 3. The first-order valence-corrected chi connectivity index (χ1v) is 7.90. The highest BCUT2D eigenvalue weighted by Crippen LogP contribution is 2.34. The Labute approximate surface area is 126 Å². The predicted octanol–water partition coefficient (Wildman–Crippen LogP) is 1.82. The Balaban J connectivity index is 2.74. The Morgan fingerprint density at radius 3 is 2.29 bits per heavy atom. The van der Waals surface area contributed by atoms with Gasteiger partial charge in [-0.3, -0.25) is 0 Å². The van der Waals surface area contributed by atoms with Crippen molar-refractivity contribution < 1.29 is 19.8 Å². The van der Waals surface area contributed by atoms with Gasteiger partial charge in [0.1, 0.15) is 5.54 Å². The Hall–Kier alpha value is -1.30. The smallest absolute Gasteiger partial charge is 0.329 e. The number of amides is 2. The van der Waals surface area contributed by atoms with Gasteiger partial charge in [-0.05, 0) is 38.0 Å². The molecule has 3 N–H and O–H groups in total. The lowest BCUT2D eigenvalue weighted by atomic mass is 9.75. The Morgan fingerprint density at radius 1 is 1.24 bits per heavy atom. The summed E-state index contributed by atoms with van der Waals surface area (Å²) in [6.45, 7) is 4.68. The van der Waals surface area contributed by atoms with Crippen LogP contribution in [0.5, 0.6) is 0 Å². The molecule has 0 spiro atoms. The van der Waals surface area contributed by atoms with Crippen molar-refractivity contribution in [2.45, 2.75) is 57.9 Å². The van der Waals surface area contributed by atoms with E-state index in [-0.39, 0.29) is 19.2 Å². The molecule has 1 aliphatic carbocycles. The number of aliphatic carboxylic acids is 1. The molecule has 0 aromatic carbocycles. The van der Waals surface area contributed by atoms with E-state index in [1.165, 1.54) is 4.90 Å². The second kappa shape index (κ2) is 8.22. The second-order valence-corrected chi connectivity index (χ2v) is 5.88. The topological polar surface area (TPSA) is 89.9 Å². The fourth-order valence-corrected chi connectivity index (χ4v) is 2.96. The number of aliphatic hydroxyl groups excluding tert-OH is 1. The highest BCUT2D eigenvalue weighted by Gasteiger charge is 2.43. The largest absolute Gasteiger partial charge is 0.480 e. The molecule has 0 aromatic rings. The van der Waals surface area contributed by atoms with Crippen LogP contribution in [-0.2, 0) is 4.79 Å². The average molecular weight is 300 g/mol. The van der Waals surface area contributed by atoms with Gasteiger partial charge in [0.15, 0.2) is 0 Å². The summed E-state index contributed by atoms with van der Waals surface area (Å²) >= 11 is 0. The van der Waals surface area contributed by atoms with Crippen LogP contribution in [0.4, 0.5) is 4.79 Å². The van der Waals surface area contributed by atoms with Crippen molar-refractivity contribution in [1.29, 1.82) is 0 Å². The predicted molar refractivity (Wildman–Crippen MR) is 80.1 cm³/mol. The summed E-state index contributed by atoms with van der Waals surface area (Å²) in [5.41, 5.74) is -1.15. The highest BCUT2D eigenvalue weighted by molar-refractivity contribution is 5.86. The molecule has 6 heteroatoms. The Kier molecular flexibility index (Phi) is 6.95. The molecule has 122 valence electrons. The zero-order chi connectivity index (χ0) is 15.9. The van der Waals surface area contributed by atoms with E-state index in [1.54, 1.807) is 0 Å². The van der Waals surface area contributed by atoms with Crippen LogP contribution in [0.15, 0.2) is 0 Å². The standard InChI is InChI=1S/C15H28N2O4/c1-3-9-17(10-11-18)14(21)16-15(13(19)20)7-5-12(4-2)6-8-15/h12,18H,3-11H2,1-2H3,(H,16,21)(H,19,20). The number of rotatable bonds is 7. The minimum atomic E-state index is -1.15. The van der Waals surface area contributed by atoms with E-state index in [0.717, 1.165) is 25.7 Å². The van der Waals surface area contributed by atoms with Gasteiger partial charge in [0, 0.05) is 13.1 Å². The zero-order valence-electron chi connectivity index (χ0n) is 13.1. The normalized spacial score (nSPS) is 25.4. The number of urea groups is 1. The molecule has 1 fully saturated rings. The number of carbonyl (C=O) groups excluding carboxylic acids is 1. The molecular formula is C15H28N2O4. The second-order valence-electron chi connectivity index (χ2n) is 5.88. The molecule has 2 amide bonds. The molecule has 0 unspecified atom stereocenters. The Morgan fingerprint density at radius 2 is 1.86 bits per heavy atom. The summed E-state index contributed by atoms with van der Waals surface area (Å²) < 4.78 is 0. The number of carbonyl (C=O) groups is 2. The number of aliphatic hydroxyl groups is 1. The fourth-order valence-electron chi connectivity index (χ4n) is 2.96. The summed E-state index contributed by atoms with van der Waals surface area (Å²) in [6.07, 6.45) is 4.44. The van der Waals surface area contributed by atoms with Gasteiger partial charge in [-0.1, -0.05) is 20.3 Å². The quantitative estimate of drug-likeness (QED) is 0.669. The van der Waals surface area contributed by atoms with E-state index < -0.39 is 11.5 Å². The molecule has 0 bridgehead atoms. The summed E-state index contributed by atoms with van der Waals surface area (Å²) in [6, 6.07) is -0.386. The molecule has 0 aromatic heterocycles. The van der Waals surface area contributed by atoms with Gasteiger partial charge >= 0.3 is 12.0 Å². The first-order valence-electron chi connectivity index (χ1n) is 7.90. The van der Waals surface area contributed by atoms with Crippen molar-refractivity contribution >= 4 is 12.0 Å². The van der Waals surface area contributed by atoms with Gasteiger partial charge in [0.05, 0.1) is 6.61 Å². The van der Waals surface area contributed by atoms with Crippen LogP contribution < -0.4 is 5.32 Å². The third-order valence-corrected chi connectivity index (χ3v) is 4.44. The van der Waals surface area contributed by atoms with Crippen molar-refractivity contribution in [3.63, 3.8) is 0 Å². The molecule has 6 nitrogen and oxygen atoms in total. The van der Waals surface area contributed by atoms with Gasteiger partial charge < -0.3 is 20.4 Å². The zero-order valence-corrected chi connectivity index (χ0v) is 13.1. The van der Waals surface area contributed by atoms with Gasteiger partial charge in [-0.25, -0.2) is 9.59 Å². The van der Waals surface area contributed by atoms with Crippen LogP contribution in [0, 0.1) is 5.92 Å². The van der Waals surface area contributed by atoms with Crippen LogP contribution in [0.3, 0.4) is 0 Å². The van der Waals surface area contributed by atoms with Crippen LogP contribution >= 0.6 is 0 Å². The molecule has 0 heterocycles. The summed E-state index contributed by atoms with van der Waals surface area (Å²) in [7, 11) is 0. The maximum atomic E-state index is 12.3. The molecule has 0 saturated heterocycles. The molecule has 21 heavy (non-hydrogen) atoms. The molecule has 0 atom stereocenters. The molecule has 0 aliphatic heterocycles. The summed E-state index contributed by atoms with van der Waals surface area (Å²) in [5, 5.41) is 21.3. The number of nitrogens with one attached hydrogen (secondary N) is 1. The Bertz CT molecular complexity index is 346. The lowest BCUT2D eigenvalue weighted by Gasteiger charge is -2.38. The van der Waals surface area contributed by atoms with Crippen molar-refractivity contribution in [2.24, 2.45) is 5.92 Å². The van der Waals surface area contributed by atoms with Gasteiger partial charge in [-0.15, -0.1) is 0 Å². The molecule has 1 rings (SSSR count). The van der Waals surface area contributed by atoms with Crippen LogP contribution in [-0.4, -0.2) is 52.3 Å². The fraction of sp³-hybridized carbons (Fsp3) is 0.867. The SMILES string of the molecule is CCCN(CCO)C(=O)NC1(C(=O)O)CCC(CC)CC1. The lowest BCUT2D eigenvalue weighted by molar-refractivity contribution is -0.146. The van der Waals surface area contributed by atoms with Gasteiger partial charge in [0.2, 0.25) is 0 Å². The van der Waals surface area contributed by atoms with Crippen molar-refractivity contribution in [1.82, 2.24) is 10.2 Å². The molecule has 1 aliphatic rings. The van der Waals surface area contributed by atoms with E-state index in [0.29, 0.717) is 25.3 Å². The number of carboxylic acid groups (broad SMARTS) is 1. The van der Waals surface area contributed by atoms with E-state index in [1.807, 2.05) is 6.92 Å². The van der Waals surface area contributed by atoms with Crippen molar-refractivity contribution in [2.75, 3.05) is 19.7 Å². The third kappa shape index (κ3) is 4.59. The van der Waals surface area contributed by atoms with E-state index in [9.17, 15) is 14.7 Å².